The molecule has 0 aromatic heterocycles. The molecule has 1 fully saturated rings. The number of carbonyl (C=O) groups excluding carboxylic acids is 1. The van der Waals surface area contributed by atoms with Gasteiger partial charge in [0.05, 0.1) is 5.56 Å². The Balaban J connectivity index is 2.25. The zero-order chi connectivity index (χ0) is 13.2. The van der Waals surface area contributed by atoms with Gasteiger partial charge in [0, 0.05) is 15.7 Å². The van der Waals surface area contributed by atoms with E-state index in [0.717, 1.165) is 36.1 Å². The molecule has 0 aliphatic carbocycles. The highest BCUT2D eigenvalue weighted by molar-refractivity contribution is 9.10. The lowest BCUT2D eigenvalue weighted by Gasteiger charge is -2.36. The monoisotopic (exact) mass is 311 g/mol. The summed E-state index contributed by atoms with van der Waals surface area (Å²) in [5.74, 6) is -0.406. The number of halogens is 1. The van der Waals surface area contributed by atoms with E-state index in [1.54, 1.807) is 6.07 Å². The SMILES string of the molecule is CC1(Nc2ccc(Br)cc2C(N)=O)CCNCC1. The standard InChI is InChI=1S/C13H18BrN3O/c1-13(4-6-16-7-5-13)17-11-3-2-9(14)8-10(11)12(15)18/h2-3,8,16-17H,4-7H2,1H3,(H2,15,18). The van der Waals surface area contributed by atoms with Gasteiger partial charge in [0.2, 0.25) is 0 Å². The Kier molecular flexibility index (Phi) is 3.92. The van der Waals surface area contributed by atoms with E-state index >= 15 is 0 Å². The van der Waals surface area contributed by atoms with Gasteiger partial charge >= 0.3 is 0 Å². The third-order valence-electron chi connectivity index (χ3n) is 3.39. The number of piperidine rings is 1. The average Bonchev–Trinajstić information content (AvgIpc) is 2.32. The second kappa shape index (κ2) is 5.28. The first-order valence-corrected chi connectivity index (χ1v) is 6.88. The Bertz CT molecular complexity index is 456. The Morgan fingerprint density at radius 3 is 2.72 bits per heavy atom. The van der Waals surface area contributed by atoms with Crippen molar-refractivity contribution in [2.24, 2.45) is 5.73 Å². The third-order valence-corrected chi connectivity index (χ3v) is 3.88. The number of hydrogen-bond acceptors (Lipinski definition) is 3. The molecule has 1 aromatic rings. The summed E-state index contributed by atoms with van der Waals surface area (Å²) in [5.41, 5.74) is 6.78. The van der Waals surface area contributed by atoms with Crippen molar-refractivity contribution in [3.8, 4) is 0 Å². The molecule has 18 heavy (non-hydrogen) atoms. The third kappa shape index (κ3) is 3.03. The molecule has 1 aliphatic heterocycles. The zero-order valence-electron chi connectivity index (χ0n) is 10.4. The molecule has 1 saturated heterocycles. The summed E-state index contributed by atoms with van der Waals surface area (Å²) in [5, 5.41) is 6.81. The van der Waals surface area contributed by atoms with Gasteiger partial charge < -0.3 is 16.4 Å². The molecule has 98 valence electrons. The van der Waals surface area contributed by atoms with Crippen molar-refractivity contribution < 1.29 is 4.79 Å². The lowest BCUT2D eigenvalue weighted by Crippen LogP contribution is -2.45. The van der Waals surface area contributed by atoms with Gasteiger partial charge in [0.15, 0.2) is 0 Å². The molecule has 1 aliphatic rings. The smallest absolute Gasteiger partial charge is 0.250 e. The maximum Gasteiger partial charge on any atom is 0.250 e. The normalized spacial score (nSPS) is 18.3. The summed E-state index contributed by atoms with van der Waals surface area (Å²) in [6, 6.07) is 5.58. The lowest BCUT2D eigenvalue weighted by atomic mass is 9.90. The van der Waals surface area contributed by atoms with E-state index in [1.165, 1.54) is 0 Å². The van der Waals surface area contributed by atoms with Gasteiger partial charge in [-0.05, 0) is 51.1 Å². The fourth-order valence-electron chi connectivity index (χ4n) is 2.26. The van der Waals surface area contributed by atoms with Crippen LogP contribution in [-0.4, -0.2) is 24.5 Å². The van der Waals surface area contributed by atoms with Gasteiger partial charge in [-0.2, -0.15) is 0 Å². The van der Waals surface area contributed by atoms with Crippen molar-refractivity contribution in [3.05, 3.63) is 28.2 Å². The molecular weight excluding hydrogens is 294 g/mol. The van der Waals surface area contributed by atoms with Crippen LogP contribution in [0.3, 0.4) is 0 Å². The molecule has 0 atom stereocenters. The quantitative estimate of drug-likeness (QED) is 0.801. The van der Waals surface area contributed by atoms with Crippen molar-refractivity contribution in [2.45, 2.75) is 25.3 Å². The Hall–Kier alpha value is -1.07. The minimum Gasteiger partial charge on any atom is -0.379 e. The first-order chi connectivity index (χ1) is 8.50. The van der Waals surface area contributed by atoms with Crippen LogP contribution in [0.2, 0.25) is 0 Å². The number of benzene rings is 1. The predicted octanol–water partition coefficient (Wildman–Crippen LogP) is 2.10. The van der Waals surface area contributed by atoms with Crippen molar-refractivity contribution in [1.29, 1.82) is 0 Å². The van der Waals surface area contributed by atoms with Gasteiger partial charge in [-0.1, -0.05) is 15.9 Å². The number of hydrogen-bond donors (Lipinski definition) is 3. The summed E-state index contributed by atoms with van der Waals surface area (Å²) in [6.45, 7) is 4.17. The number of rotatable bonds is 3. The first-order valence-electron chi connectivity index (χ1n) is 6.08. The van der Waals surface area contributed by atoms with Crippen molar-refractivity contribution in [2.75, 3.05) is 18.4 Å². The Morgan fingerprint density at radius 2 is 2.11 bits per heavy atom. The highest BCUT2D eigenvalue weighted by atomic mass is 79.9. The fourth-order valence-corrected chi connectivity index (χ4v) is 2.62. The van der Waals surface area contributed by atoms with Crippen LogP contribution in [0.1, 0.15) is 30.1 Å². The molecule has 0 saturated carbocycles. The van der Waals surface area contributed by atoms with Crippen molar-refractivity contribution in [3.63, 3.8) is 0 Å². The lowest BCUT2D eigenvalue weighted by molar-refractivity contribution is 0.100. The van der Waals surface area contributed by atoms with E-state index in [9.17, 15) is 4.79 Å². The number of amides is 1. The van der Waals surface area contributed by atoms with Crippen LogP contribution < -0.4 is 16.4 Å². The number of primary amides is 1. The van der Waals surface area contributed by atoms with Gasteiger partial charge in [-0.3, -0.25) is 4.79 Å². The molecule has 4 nitrogen and oxygen atoms in total. The first kappa shape index (κ1) is 13.4. The zero-order valence-corrected chi connectivity index (χ0v) is 12.0. The molecule has 5 heteroatoms. The van der Waals surface area contributed by atoms with Gasteiger partial charge in [-0.25, -0.2) is 0 Å². The molecule has 0 bridgehead atoms. The largest absolute Gasteiger partial charge is 0.379 e. The summed E-state index contributed by atoms with van der Waals surface area (Å²) >= 11 is 3.36. The van der Waals surface area contributed by atoms with Crippen LogP contribution in [0.15, 0.2) is 22.7 Å². The molecule has 0 unspecified atom stereocenters. The maximum absolute atomic E-state index is 11.5. The minimum absolute atomic E-state index is 0.0171. The topological polar surface area (TPSA) is 67.1 Å². The van der Waals surface area contributed by atoms with Crippen molar-refractivity contribution >= 4 is 27.5 Å². The predicted molar refractivity (Wildman–Crippen MR) is 76.8 cm³/mol. The average molecular weight is 312 g/mol. The number of anilines is 1. The van der Waals surface area contributed by atoms with Gasteiger partial charge in [-0.15, -0.1) is 0 Å². The molecule has 2 rings (SSSR count). The maximum atomic E-state index is 11.5. The van der Waals surface area contributed by atoms with Crippen LogP contribution in [0, 0.1) is 0 Å². The van der Waals surface area contributed by atoms with Crippen LogP contribution >= 0.6 is 15.9 Å². The molecule has 4 N–H and O–H groups in total. The Labute approximate surface area is 115 Å². The Morgan fingerprint density at radius 1 is 1.44 bits per heavy atom. The summed E-state index contributed by atoms with van der Waals surface area (Å²) < 4.78 is 0.859. The number of nitrogens with two attached hydrogens (primary N) is 1. The van der Waals surface area contributed by atoms with Crippen LogP contribution in [0.5, 0.6) is 0 Å². The molecular formula is C13H18BrN3O. The summed E-state index contributed by atoms with van der Waals surface area (Å²) in [7, 11) is 0. The van der Waals surface area contributed by atoms with Gasteiger partial charge in [0.25, 0.3) is 5.91 Å². The molecule has 1 heterocycles. The van der Waals surface area contributed by atoms with E-state index in [1.807, 2.05) is 12.1 Å². The summed E-state index contributed by atoms with van der Waals surface area (Å²) in [6.07, 6.45) is 2.06. The van der Waals surface area contributed by atoms with E-state index in [-0.39, 0.29) is 5.54 Å². The van der Waals surface area contributed by atoms with Crippen LogP contribution in [0.25, 0.3) is 0 Å². The van der Waals surface area contributed by atoms with Gasteiger partial charge in [0.1, 0.15) is 0 Å². The van der Waals surface area contributed by atoms with E-state index in [0.29, 0.717) is 5.56 Å². The second-order valence-electron chi connectivity index (χ2n) is 4.99. The highest BCUT2D eigenvalue weighted by Gasteiger charge is 2.27. The molecule has 0 spiro atoms. The van der Waals surface area contributed by atoms with Crippen LogP contribution in [0.4, 0.5) is 5.69 Å². The fraction of sp³-hybridized carbons (Fsp3) is 0.462. The number of carbonyl (C=O) groups is 1. The molecule has 0 radical (unpaired) electrons. The highest BCUT2D eigenvalue weighted by Crippen LogP contribution is 2.27. The van der Waals surface area contributed by atoms with Crippen molar-refractivity contribution in [1.82, 2.24) is 5.32 Å². The molecule has 1 aromatic carbocycles. The van der Waals surface area contributed by atoms with E-state index in [2.05, 4.69) is 33.5 Å². The molecule has 1 amide bonds. The summed E-state index contributed by atoms with van der Waals surface area (Å²) in [4.78, 5) is 11.5. The van der Waals surface area contributed by atoms with Crippen LogP contribution in [-0.2, 0) is 0 Å². The number of nitrogens with one attached hydrogen (secondary N) is 2. The van der Waals surface area contributed by atoms with E-state index < -0.39 is 5.91 Å². The second-order valence-corrected chi connectivity index (χ2v) is 5.91. The minimum atomic E-state index is -0.406. The van der Waals surface area contributed by atoms with E-state index in [4.69, 9.17) is 5.73 Å².